The van der Waals surface area contributed by atoms with Gasteiger partial charge in [-0.15, -0.1) is 0 Å². The van der Waals surface area contributed by atoms with Gasteiger partial charge in [0.2, 0.25) is 0 Å². The maximum atomic E-state index is 9.99. The molecule has 0 aromatic carbocycles. The standard InChI is InChI=1S/C14H23NO2/c1-2-15(11-13-7-5-9-17-13)10-12-6-3-4-8-14(12)16/h5,7,9,12,14,16H,2-4,6,8,10-11H2,1H3. The van der Waals surface area contributed by atoms with Gasteiger partial charge in [0.1, 0.15) is 5.76 Å². The van der Waals surface area contributed by atoms with E-state index in [2.05, 4.69) is 11.8 Å². The third-order valence-corrected chi connectivity index (χ3v) is 3.77. The molecule has 2 unspecified atom stereocenters. The summed E-state index contributed by atoms with van der Waals surface area (Å²) < 4.78 is 5.38. The molecule has 1 heterocycles. The number of hydrogen-bond acceptors (Lipinski definition) is 3. The lowest BCUT2D eigenvalue weighted by Crippen LogP contribution is -2.36. The van der Waals surface area contributed by atoms with Gasteiger partial charge in [-0.05, 0) is 37.4 Å². The van der Waals surface area contributed by atoms with E-state index in [9.17, 15) is 5.11 Å². The fourth-order valence-corrected chi connectivity index (χ4v) is 2.66. The predicted octanol–water partition coefficient (Wildman–Crippen LogP) is 2.65. The molecule has 1 aliphatic carbocycles. The van der Waals surface area contributed by atoms with Crippen LogP contribution in [0.3, 0.4) is 0 Å². The van der Waals surface area contributed by atoms with E-state index in [0.717, 1.165) is 38.2 Å². The maximum Gasteiger partial charge on any atom is 0.117 e. The van der Waals surface area contributed by atoms with Gasteiger partial charge in [-0.3, -0.25) is 4.90 Å². The van der Waals surface area contributed by atoms with Gasteiger partial charge in [0, 0.05) is 6.54 Å². The molecule has 1 aromatic heterocycles. The second-order valence-electron chi connectivity index (χ2n) is 5.02. The van der Waals surface area contributed by atoms with Crippen molar-refractivity contribution in [2.24, 2.45) is 5.92 Å². The number of aliphatic hydroxyl groups excluding tert-OH is 1. The Morgan fingerprint density at radius 3 is 2.88 bits per heavy atom. The number of aliphatic hydroxyl groups is 1. The van der Waals surface area contributed by atoms with E-state index in [4.69, 9.17) is 4.42 Å². The van der Waals surface area contributed by atoms with Crippen LogP contribution in [0.15, 0.2) is 22.8 Å². The van der Waals surface area contributed by atoms with Crippen LogP contribution in [0.1, 0.15) is 38.4 Å². The van der Waals surface area contributed by atoms with Crippen molar-refractivity contribution in [3.05, 3.63) is 24.2 Å². The Kier molecular flexibility index (Phi) is 4.63. The lowest BCUT2D eigenvalue weighted by atomic mass is 9.86. The zero-order valence-corrected chi connectivity index (χ0v) is 10.6. The summed E-state index contributed by atoms with van der Waals surface area (Å²) >= 11 is 0. The Morgan fingerprint density at radius 1 is 1.41 bits per heavy atom. The summed E-state index contributed by atoms with van der Waals surface area (Å²) in [6.45, 7) is 5.01. The monoisotopic (exact) mass is 237 g/mol. The van der Waals surface area contributed by atoms with Crippen LogP contribution in [-0.4, -0.2) is 29.2 Å². The van der Waals surface area contributed by atoms with Crippen LogP contribution in [-0.2, 0) is 6.54 Å². The molecule has 0 radical (unpaired) electrons. The van der Waals surface area contributed by atoms with Crippen LogP contribution >= 0.6 is 0 Å². The highest BCUT2D eigenvalue weighted by molar-refractivity contribution is 4.98. The highest BCUT2D eigenvalue weighted by Gasteiger charge is 2.24. The van der Waals surface area contributed by atoms with Crippen molar-refractivity contribution >= 4 is 0 Å². The number of nitrogens with zero attached hydrogens (tertiary/aromatic N) is 1. The van der Waals surface area contributed by atoms with Gasteiger partial charge in [-0.1, -0.05) is 19.8 Å². The van der Waals surface area contributed by atoms with Crippen molar-refractivity contribution in [1.29, 1.82) is 0 Å². The summed E-state index contributed by atoms with van der Waals surface area (Å²) in [7, 11) is 0. The van der Waals surface area contributed by atoms with Gasteiger partial charge < -0.3 is 9.52 Å². The molecule has 3 nitrogen and oxygen atoms in total. The molecular formula is C14H23NO2. The molecule has 1 saturated carbocycles. The van der Waals surface area contributed by atoms with Crippen LogP contribution in [0.5, 0.6) is 0 Å². The van der Waals surface area contributed by atoms with Crippen molar-refractivity contribution in [2.75, 3.05) is 13.1 Å². The zero-order chi connectivity index (χ0) is 12.1. The SMILES string of the molecule is CCN(Cc1ccco1)CC1CCCCC1O. The van der Waals surface area contributed by atoms with E-state index in [-0.39, 0.29) is 6.10 Å². The van der Waals surface area contributed by atoms with E-state index < -0.39 is 0 Å². The minimum Gasteiger partial charge on any atom is -0.468 e. The number of furan rings is 1. The average molecular weight is 237 g/mol. The summed E-state index contributed by atoms with van der Waals surface area (Å²) in [5.74, 6) is 1.45. The summed E-state index contributed by atoms with van der Waals surface area (Å²) in [6, 6.07) is 3.94. The molecule has 0 spiro atoms. The maximum absolute atomic E-state index is 9.99. The molecule has 0 bridgehead atoms. The highest BCUT2D eigenvalue weighted by Crippen LogP contribution is 2.25. The van der Waals surface area contributed by atoms with E-state index in [1.807, 2.05) is 12.1 Å². The molecule has 96 valence electrons. The predicted molar refractivity (Wildman–Crippen MR) is 67.6 cm³/mol. The molecule has 2 atom stereocenters. The Bertz CT molecular complexity index is 310. The molecule has 2 rings (SSSR count). The minimum atomic E-state index is -0.102. The van der Waals surface area contributed by atoms with Gasteiger partial charge in [0.05, 0.1) is 18.9 Å². The summed E-state index contributed by atoms with van der Waals surface area (Å²) in [5, 5.41) is 9.99. The second kappa shape index (κ2) is 6.22. The van der Waals surface area contributed by atoms with Crippen molar-refractivity contribution in [3.8, 4) is 0 Å². The molecule has 0 amide bonds. The third kappa shape index (κ3) is 3.58. The van der Waals surface area contributed by atoms with E-state index in [1.54, 1.807) is 6.26 Å². The minimum absolute atomic E-state index is 0.102. The van der Waals surface area contributed by atoms with E-state index in [1.165, 1.54) is 12.8 Å². The first-order valence-corrected chi connectivity index (χ1v) is 6.72. The first kappa shape index (κ1) is 12.7. The van der Waals surface area contributed by atoms with Crippen LogP contribution in [0.25, 0.3) is 0 Å². The zero-order valence-electron chi connectivity index (χ0n) is 10.6. The quantitative estimate of drug-likeness (QED) is 0.855. The van der Waals surface area contributed by atoms with Gasteiger partial charge in [0.15, 0.2) is 0 Å². The Morgan fingerprint density at radius 2 is 2.24 bits per heavy atom. The first-order valence-electron chi connectivity index (χ1n) is 6.72. The first-order chi connectivity index (χ1) is 8.29. The largest absolute Gasteiger partial charge is 0.468 e. The Balaban J connectivity index is 1.86. The molecular weight excluding hydrogens is 214 g/mol. The number of hydrogen-bond donors (Lipinski definition) is 1. The molecule has 0 saturated heterocycles. The fraction of sp³-hybridized carbons (Fsp3) is 0.714. The molecule has 1 aromatic rings. The van der Waals surface area contributed by atoms with Gasteiger partial charge in [0.25, 0.3) is 0 Å². The van der Waals surface area contributed by atoms with Crippen LogP contribution < -0.4 is 0 Å². The highest BCUT2D eigenvalue weighted by atomic mass is 16.3. The van der Waals surface area contributed by atoms with Crippen LogP contribution in [0.4, 0.5) is 0 Å². The Hall–Kier alpha value is -0.800. The summed E-state index contributed by atoms with van der Waals surface area (Å²) in [5.41, 5.74) is 0. The third-order valence-electron chi connectivity index (χ3n) is 3.77. The van der Waals surface area contributed by atoms with Crippen LogP contribution in [0.2, 0.25) is 0 Å². The Labute approximate surface area is 103 Å². The summed E-state index contributed by atoms with van der Waals surface area (Å²) in [6.07, 6.45) is 6.20. The van der Waals surface area contributed by atoms with Gasteiger partial charge in [-0.25, -0.2) is 0 Å². The number of rotatable bonds is 5. The van der Waals surface area contributed by atoms with E-state index >= 15 is 0 Å². The van der Waals surface area contributed by atoms with Gasteiger partial charge >= 0.3 is 0 Å². The average Bonchev–Trinajstić information content (AvgIpc) is 2.84. The fourth-order valence-electron chi connectivity index (χ4n) is 2.66. The van der Waals surface area contributed by atoms with Crippen molar-refractivity contribution in [3.63, 3.8) is 0 Å². The van der Waals surface area contributed by atoms with Gasteiger partial charge in [-0.2, -0.15) is 0 Å². The molecule has 1 aliphatic rings. The summed E-state index contributed by atoms with van der Waals surface area (Å²) in [4.78, 5) is 2.36. The van der Waals surface area contributed by atoms with E-state index in [0.29, 0.717) is 5.92 Å². The molecule has 1 N–H and O–H groups in total. The molecule has 1 fully saturated rings. The lowest BCUT2D eigenvalue weighted by Gasteiger charge is -2.32. The lowest BCUT2D eigenvalue weighted by molar-refractivity contribution is 0.0445. The van der Waals surface area contributed by atoms with Crippen molar-refractivity contribution in [2.45, 2.75) is 45.3 Å². The normalized spacial score (nSPS) is 25.4. The smallest absolute Gasteiger partial charge is 0.117 e. The molecule has 17 heavy (non-hydrogen) atoms. The molecule has 3 heteroatoms. The van der Waals surface area contributed by atoms with Crippen LogP contribution in [0, 0.1) is 5.92 Å². The van der Waals surface area contributed by atoms with Crippen molar-refractivity contribution < 1.29 is 9.52 Å². The van der Waals surface area contributed by atoms with Crippen molar-refractivity contribution in [1.82, 2.24) is 4.90 Å². The topological polar surface area (TPSA) is 36.6 Å². The molecule has 0 aliphatic heterocycles. The second-order valence-corrected chi connectivity index (χ2v) is 5.02.